The average Bonchev–Trinajstić information content (AvgIpc) is 3.08. The Morgan fingerprint density at radius 1 is 0.739 bits per heavy atom. The van der Waals surface area contributed by atoms with Gasteiger partial charge in [0.05, 0.1) is 11.8 Å². The minimum Gasteiger partial charge on any atom is -0.393 e. The molecule has 0 unspecified atom stereocenters. The SMILES string of the molecule is CC(C)=C[C@@H]1[C@@H](C(=O)OC(=O)[C@@H]2[C@@H](C=C(C)C)C2(C)C)C1(C)C. The van der Waals surface area contributed by atoms with E-state index in [-0.39, 0.29) is 46.4 Å². The summed E-state index contributed by atoms with van der Waals surface area (Å²) in [6, 6.07) is 0. The number of carbonyl (C=O) groups is 2. The van der Waals surface area contributed by atoms with Gasteiger partial charge >= 0.3 is 11.9 Å². The third-order valence-electron chi connectivity index (χ3n) is 5.56. The fourth-order valence-electron chi connectivity index (χ4n) is 3.82. The molecule has 2 fully saturated rings. The molecule has 0 aliphatic heterocycles. The summed E-state index contributed by atoms with van der Waals surface area (Å²) in [4.78, 5) is 24.8. The molecule has 0 aromatic heterocycles. The van der Waals surface area contributed by atoms with E-state index in [1.807, 2.05) is 27.7 Å². The van der Waals surface area contributed by atoms with Crippen LogP contribution in [0.2, 0.25) is 0 Å². The number of hydrogen-bond acceptors (Lipinski definition) is 3. The Balaban J connectivity index is 2.01. The lowest BCUT2D eigenvalue weighted by Gasteiger charge is -2.05. The number of allylic oxidation sites excluding steroid dienone is 4. The molecule has 0 bridgehead atoms. The number of hydrogen-bond donors (Lipinski definition) is 0. The molecule has 0 aromatic rings. The molecule has 4 atom stereocenters. The standard InChI is InChI=1S/C20H30O3/c1-11(2)9-13-15(19(13,5)6)17(21)23-18(22)16-14(10-12(3)4)20(16,7)8/h9-10,13-16H,1-8H3/t13-,14-,15+,16+/m1/s1. The molecule has 0 heterocycles. The Morgan fingerprint density at radius 2 is 1.04 bits per heavy atom. The van der Waals surface area contributed by atoms with Crippen molar-refractivity contribution in [3.63, 3.8) is 0 Å². The molecule has 0 amide bonds. The molecule has 0 spiro atoms. The van der Waals surface area contributed by atoms with E-state index in [1.54, 1.807) is 0 Å². The van der Waals surface area contributed by atoms with Gasteiger partial charge in [0.2, 0.25) is 0 Å². The van der Waals surface area contributed by atoms with Crippen LogP contribution in [-0.4, -0.2) is 11.9 Å². The monoisotopic (exact) mass is 318 g/mol. The van der Waals surface area contributed by atoms with Crippen molar-refractivity contribution in [1.82, 2.24) is 0 Å². The molecular formula is C20H30O3. The predicted molar refractivity (Wildman–Crippen MR) is 91.5 cm³/mol. The molecule has 0 aromatic carbocycles. The number of esters is 2. The molecule has 0 saturated heterocycles. The van der Waals surface area contributed by atoms with Crippen LogP contribution in [0.5, 0.6) is 0 Å². The zero-order valence-corrected chi connectivity index (χ0v) is 15.7. The first-order chi connectivity index (χ1) is 10.4. The van der Waals surface area contributed by atoms with Gasteiger partial charge in [0.15, 0.2) is 0 Å². The largest absolute Gasteiger partial charge is 0.393 e. The highest BCUT2D eigenvalue weighted by molar-refractivity contribution is 5.92. The summed E-state index contributed by atoms with van der Waals surface area (Å²) < 4.78 is 5.26. The van der Waals surface area contributed by atoms with Crippen molar-refractivity contribution in [2.75, 3.05) is 0 Å². The van der Waals surface area contributed by atoms with E-state index in [9.17, 15) is 9.59 Å². The highest BCUT2D eigenvalue weighted by Crippen LogP contribution is 2.62. The molecule has 3 heteroatoms. The smallest absolute Gasteiger partial charge is 0.317 e. The second-order valence-corrected chi connectivity index (χ2v) is 8.88. The van der Waals surface area contributed by atoms with Crippen LogP contribution in [0.15, 0.2) is 23.3 Å². The summed E-state index contributed by atoms with van der Waals surface area (Å²) in [5, 5.41) is 0. The van der Waals surface area contributed by atoms with Crippen molar-refractivity contribution in [1.29, 1.82) is 0 Å². The van der Waals surface area contributed by atoms with Gasteiger partial charge < -0.3 is 4.74 Å². The zero-order valence-electron chi connectivity index (χ0n) is 15.7. The molecular weight excluding hydrogens is 288 g/mol. The fraction of sp³-hybridized carbons (Fsp3) is 0.700. The summed E-state index contributed by atoms with van der Waals surface area (Å²) in [6.45, 7) is 16.3. The van der Waals surface area contributed by atoms with Crippen molar-refractivity contribution in [3.05, 3.63) is 23.3 Å². The molecule has 128 valence electrons. The van der Waals surface area contributed by atoms with E-state index < -0.39 is 0 Å². The van der Waals surface area contributed by atoms with E-state index in [4.69, 9.17) is 4.74 Å². The van der Waals surface area contributed by atoms with Gasteiger partial charge in [-0.3, -0.25) is 9.59 Å². The maximum atomic E-state index is 12.4. The molecule has 2 rings (SSSR count). The van der Waals surface area contributed by atoms with Crippen LogP contribution in [0.25, 0.3) is 0 Å². The summed E-state index contributed by atoms with van der Waals surface area (Å²) in [7, 11) is 0. The Labute approximate surface area is 140 Å². The van der Waals surface area contributed by atoms with Gasteiger partial charge in [-0.15, -0.1) is 0 Å². The number of carbonyl (C=O) groups excluding carboxylic acids is 2. The van der Waals surface area contributed by atoms with Gasteiger partial charge in [-0.05, 0) is 50.4 Å². The second kappa shape index (κ2) is 5.61. The third kappa shape index (κ3) is 3.29. The topological polar surface area (TPSA) is 43.4 Å². The predicted octanol–water partition coefficient (Wildman–Crippen LogP) is 4.53. The van der Waals surface area contributed by atoms with E-state index in [2.05, 4.69) is 39.8 Å². The Kier molecular flexibility index (Phi) is 4.38. The Bertz CT molecular complexity index is 532. The third-order valence-corrected chi connectivity index (χ3v) is 5.56. The van der Waals surface area contributed by atoms with Crippen molar-refractivity contribution >= 4 is 11.9 Å². The lowest BCUT2D eigenvalue weighted by atomic mass is 10.1. The average molecular weight is 318 g/mol. The molecule has 2 saturated carbocycles. The minimum atomic E-state index is -0.360. The normalized spacial score (nSPS) is 32.5. The van der Waals surface area contributed by atoms with Gasteiger partial charge in [-0.2, -0.15) is 0 Å². The maximum absolute atomic E-state index is 12.4. The Hall–Kier alpha value is -1.38. The van der Waals surface area contributed by atoms with Gasteiger partial charge in [-0.1, -0.05) is 51.0 Å². The number of rotatable bonds is 4. The number of ether oxygens (including phenoxy) is 1. The molecule has 3 nitrogen and oxygen atoms in total. The first kappa shape index (κ1) is 18.0. The van der Waals surface area contributed by atoms with Crippen molar-refractivity contribution in [2.45, 2.75) is 55.4 Å². The van der Waals surface area contributed by atoms with Crippen molar-refractivity contribution in [2.24, 2.45) is 34.5 Å². The molecule has 2 aliphatic rings. The van der Waals surface area contributed by atoms with Crippen LogP contribution >= 0.6 is 0 Å². The zero-order chi connectivity index (χ0) is 17.7. The van der Waals surface area contributed by atoms with Gasteiger partial charge in [0.1, 0.15) is 0 Å². The summed E-state index contributed by atoms with van der Waals surface area (Å²) in [6.07, 6.45) is 4.23. The summed E-state index contributed by atoms with van der Waals surface area (Å²) in [5.74, 6) is -0.778. The first-order valence-electron chi connectivity index (χ1n) is 8.46. The van der Waals surface area contributed by atoms with Gasteiger partial charge in [-0.25, -0.2) is 0 Å². The maximum Gasteiger partial charge on any atom is 0.317 e. The molecule has 0 N–H and O–H groups in total. The van der Waals surface area contributed by atoms with Gasteiger partial charge in [0.25, 0.3) is 0 Å². The summed E-state index contributed by atoms with van der Waals surface area (Å²) in [5.41, 5.74) is 2.15. The van der Waals surface area contributed by atoms with Crippen molar-refractivity contribution in [3.8, 4) is 0 Å². The summed E-state index contributed by atoms with van der Waals surface area (Å²) >= 11 is 0. The van der Waals surface area contributed by atoms with E-state index in [0.717, 1.165) is 0 Å². The highest BCUT2D eigenvalue weighted by atomic mass is 16.6. The quantitative estimate of drug-likeness (QED) is 0.434. The van der Waals surface area contributed by atoms with Crippen LogP contribution in [0, 0.1) is 34.5 Å². The van der Waals surface area contributed by atoms with Crippen LogP contribution in [-0.2, 0) is 14.3 Å². The fourth-order valence-corrected chi connectivity index (χ4v) is 3.82. The van der Waals surface area contributed by atoms with Gasteiger partial charge in [0, 0.05) is 0 Å². The van der Waals surface area contributed by atoms with E-state index in [1.165, 1.54) is 11.1 Å². The van der Waals surface area contributed by atoms with E-state index in [0.29, 0.717) is 0 Å². The van der Waals surface area contributed by atoms with Crippen LogP contribution in [0.3, 0.4) is 0 Å². The molecule has 23 heavy (non-hydrogen) atoms. The molecule has 0 radical (unpaired) electrons. The lowest BCUT2D eigenvalue weighted by molar-refractivity contribution is -0.162. The second-order valence-electron chi connectivity index (χ2n) is 8.88. The lowest BCUT2D eigenvalue weighted by Crippen LogP contribution is -2.19. The van der Waals surface area contributed by atoms with Crippen LogP contribution in [0.1, 0.15) is 55.4 Å². The first-order valence-corrected chi connectivity index (χ1v) is 8.46. The molecule has 2 aliphatic carbocycles. The Morgan fingerprint density at radius 3 is 1.30 bits per heavy atom. The van der Waals surface area contributed by atoms with Crippen LogP contribution < -0.4 is 0 Å². The van der Waals surface area contributed by atoms with E-state index >= 15 is 0 Å². The highest BCUT2D eigenvalue weighted by Gasteiger charge is 2.64. The minimum absolute atomic E-state index is 0.118. The van der Waals surface area contributed by atoms with Crippen molar-refractivity contribution < 1.29 is 14.3 Å². The van der Waals surface area contributed by atoms with Crippen LogP contribution in [0.4, 0.5) is 0 Å².